The normalized spacial score (nSPS) is 38.5. The van der Waals surface area contributed by atoms with E-state index < -0.39 is 85.6 Å². The lowest BCUT2D eigenvalue weighted by atomic mass is 9.79. The van der Waals surface area contributed by atoms with Crippen LogP contribution in [0, 0.1) is 35.5 Å². The van der Waals surface area contributed by atoms with E-state index in [0.717, 1.165) is 18.4 Å². The molecule has 376 valence electrons. The monoisotopic (exact) mass is 959 g/mol. The largest absolute Gasteiger partial charge is 0.460 e. The fourth-order valence-corrected chi connectivity index (χ4v) is 11.8. The maximum absolute atomic E-state index is 14.4. The van der Waals surface area contributed by atoms with E-state index in [4.69, 9.17) is 23.7 Å². The number of amides is 1. The molecule has 0 radical (unpaired) electrons. The Morgan fingerprint density at radius 1 is 0.881 bits per heavy atom. The highest BCUT2D eigenvalue weighted by Crippen LogP contribution is 2.42. The summed E-state index contributed by atoms with van der Waals surface area (Å²) in [6.07, 6.45) is 12.2. The summed E-state index contributed by atoms with van der Waals surface area (Å²) < 4.78 is 42.2. The minimum atomic E-state index is -2.43. The molecular formula is C52H81NO13P+. The summed E-state index contributed by atoms with van der Waals surface area (Å²) in [5.74, 6) is -7.95. The van der Waals surface area contributed by atoms with Crippen LogP contribution in [0.2, 0.25) is 0 Å². The van der Waals surface area contributed by atoms with Crippen molar-refractivity contribution in [3.05, 3.63) is 47.6 Å². The molecule has 0 aromatic carbocycles. The number of carbonyl (C=O) groups is 5. The minimum absolute atomic E-state index is 0.0171. The average molecular weight is 959 g/mol. The van der Waals surface area contributed by atoms with Gasteiger partial charge in [0.15, 0.2) is 11.4 Å². The molecule has 67 heavy (non-hydrogen) atoms. The molecule has 0 aromatic rings. The van der Waals surface area contributed by atoms with Gasteiger partial charge in [-0.25, -0.2) is 4.79 Å². The summed E-state index contributed by atoms with van der Waals surface area (Å²) in [4.78, 5) is 72.0. The molecule has 3 heterocycles. The van der Waals surface area contributed by atoms with Crippen molar-refractivity contribution < 1.29 is 62.4 Å². The number of aliphatic hydroxyl groups excluding tert-OH is 1. The summed E-state index contributed by atoms with van der Waals surface area (Å²) in [7, 11) is 3.13. The lowest BCUT2D eigenvalue weighted by Crippen LogP contribution is -2.61. The van der Waals surface area contributed by atoms with Crippen LogP contribution in [0.15, 0.2) is 47.6 Å². The van der Waals surface area contributed by atoms with Gasteiger partial charge in [-0.2, -0.15) is 0 Å². The second-order valence-electron chi connectivity index (χ2n) is 20.1. The SMILES string of the molecule is CO[C@H]1C[C@@H]2CC[C@@H](C)[C@@](O)(O2)C(=O)C(=O)N2CCCC[C@H]2C(=O)OC([C@H](C)CC2CCC([P+](C)=O)[C@H](OC)C2)CC(=O)[C@H](C)/C=C(\C)[C@@H](O)[C@@H](OC)C(=O)[C@H](C)C[C@H](C)/C=C/C=CC=C1C. The van der Waals surface area contributed by atoms with Gasteiger partial charge in [-0.15, -0.1) is 0 Å². The summed E-state index contributed by atoms with van der Waals surface area (Å²) in [6, 6.07) is -1.14. The zero-order chi connectivity index (χ0) is 49.7. The molecule has 14 nitrogen and oxygen atoms in total. The molecule has 4 rings (SSSR count). The first-order valence-corrected chi connectivity index (χ1v) is 26.3. The number of piperidine rings is 1. The molecule has 4 unspecified atom stereocenters. The van der Waals surface area contributed by atoms with Crippen molar-refractivity contribution >= 4 is 37.0 Å². The van der Waals surface area contributed by atoms with Gasteiger partial charge in [0, 0.05) is 58.5 Å². The van der Waals surface area contributed by atoms with Crippen LogP contribution in [0.3, 0.4) is 0 Å². The Balaban J connectivity index is 1.71. The molecule has 3 aliphatic heterocycles. The average Bonchev–Trinajstić information content (AvgIpc) is 3.30. The number of hydrogen-bond acceptors (Lipinski definition) is 13. The molecule has 16 atom stereocenters. The number of esters is 1. The number of allylic oxidation sites excluding steroid dienone is 6. The molecule has 2 bridgehead atoms. The molecule has 1 amide bonds. The van der Waals surface area contributed by atoms with Gasteiger partial charge >= 0.3 is 13.8 Å². The van der Waals surface area contributed by atoms with Crippen LogP contribution in [-0.4, -0.2) is 133 Å². The van der Waals surface area contributed by atoms with Gasteiger partial charge in [0.2, 0.25) is 5.79 Å². The lowest BCUT2D eigenvalue weighted by Gasteiger charge is -2.42. The highest BCUT2D eigenvalue weighted by molar-refractivity contribution is 7.44. The quantitative estimate of drug-likeness (QED) is 0.110. The van der Waals surface area contributed by atoms with Crippen molar-refractivity contribution in [2.24, 2.45) is 35.5 Å². The Morgan fingerprint density at radius 2 is 1.60 bits per heavy atom. The second kappa shape index (κ2) is 26.1. The number of ether oxygens (including phenoxy) is 5. The van der Waals surface area contributed by atoms with E-state index in [0.29, 0.717) is 56.9 Å². The van der Waals surface area contributed by atoms with Crippen molar-refractivity contribution in [2.45, 2.75) is 180 Å². The standard InChI is InChI=1S/C52H81NO13P/c1-31-17-13-12-14-18-32(2)42(62-8)29-39-22-20-37(7)52(60,66-39)49(57)50(58)53-24-16-15-19-40(53)51(59)65-43(34(4)27-38-21-23-45(67(11)61)44(28-38)63-9)30-41(54)33(3)26-36(6)47(56)48(64-10)46(55)35(5)25-31/h12-14,17-18,26,31,33-35,37-40,42-45,47-48,56,60H,15-16,19-25,27-30H2,1-11H3/q+1/b14-12?,17-13+,32-18?,36-26+/t31-,33-,34-,35-,37-,38?,39+,40+,42+,43?,44-,45?,47-,48+,52-/m1/s1. The highest BCUT2D eigenvalue weighted by Gasteiger charge is 2.53. The summed E-state index contributed by atoms with van der Waals surface area (Å²) in [5.41, 5.74) is 1.21. The zero-order valence-corrected chi connectivity index (χ0v) is 42.9. The smallest absolute Gasteiger partial charge is 0.341 e. The number of nitrogens with zero attached hydrogens (tertiary/aromatic N) is 1. The van der Waals surface area contributed by atoms with Crippen LogP contribution in [0.1, 0.15) is 126 Å². The zero-order valence-electron chi connectivity index (χ0n) is 42.0. The van der Waals surface area contributed by atoms with E-state index in [2.05, 4.69) is 0 Å². The van der Waals surface area contributed by atoms with E-state index in [-0.39, 0.29) is 60.5 Å². The number of methoxy groups -OCH3 is 3. The molecular weight excluding hydrogens is 878 g/mol. The van der Waals surface area contributed by atoms with Gasteiger partial charge in [0.05, 0.1) is 12.2 Å². The van der Waals surface area contributed by atoms with E-state index in [1.54, 1.807) is 47.7 Å². The molecule has 1 saturated carbocycles. The third-order valence-corrected chi connectivity index (χ3v) is 16.5. The van der Waals surface area contributed by atoms with Gasteiger partial charge < -0.3 is 38.8 Å². The first-order chi connectivity index (χ1) is 31.7. The summed E-state index contributed by atoms with van der Waals surface area (Å²) in [5, 5.41) is 23.4. The maximum Gasteiger partial charge on any atom is 0.341 e. The third kappa shape index (κ3) is 14.9. The van der Waals surface area contributed by atoms with Crippen LogP contribution in [0.5, 0.6) is 0 Å². The summed E-state index contributed by atoms with van der Waals surface area (Å²) in [6.45, 7) is 14.5. The predicted octanol–water partition coefficient (Wildman–Crippen LogP) is 7.65. The second-order valence-corrected chi connectivity index (χ2v) is 21.9. The van der Waals surface area contributed by atoms with Gasteiger partial charge in [-0.05, 0) is 107 Å². The molecule has 0 spiro atoms. The molecule has 2 saturated heterocycles. The third-order valence-electron chi connectivity index (χ3n) is 14.9. The van der Waals surface area contributed by atoms with Gasteiger partial charge in [-0.1, -0.05) is 75.6 Å². The number of aliphatic hydroxyl groups is 2. The molecule has 1 aliphatic carbocycles. The number of hydrogen-bond donors (Lipinski definition) is 2. The number of rotatable bonds is 7. The first kappa shape index (κ1) is 56.4. The Kier molecular flexibility index (Phi) is 22.0. The summed E-state index contributed by atoms with van der Waals surface area (Å²) >= 11 is 0. The molecule has 2 N–H and O–H groups in total. The number of fused-ring (bicyclic) bond motifs is 3. The lowest BCUT2D eigenvalue weighted by molar-refractivity contribution is -0.265. The van der Waals surface area contributed by atoms with Gasteiger partial charge in [0.1, 0.15) is 42.9 Å². The number of Topliss-reactive ketones (excluding diaryl/α,β-unsaturated/α-hetero) is 3. The van der Waals surface area contributed by atoms with Crippen LogP contribution in [-0.2, 0) is 52.2 Å². The fraction of sp³-hybridized carbons (Fsp3) is 0.750. The van der Waals surface area contributed by atoms with Crippen LogP contribution >= 0.6 is 7.80 Å². The van der Waals surface area contributed by atoms with E-state index in [9.17, 15) is 38.8 Å². The number of carbonyl (C=O) groups excluding carboxylic acids is 5. The van der Waals surface area contributed by atoms with E-state index in [1.807, 2.05) is 58.1 Å². The van der Waals surface area contributed by atoms with Crippen LogP contribution in [0.4, 0.5) is 0 Å². The van der Waals surface area contributed by atoms with Crippen molar-refractivity contribution in [1.29, 1.82) is 0 Å². The molecule has 0 aromatic heterocycles. The maximum atomic E-state index is 14.4. The topological polar surface area (TPSA) is 192 Å². The Labute approximate surface area is 400 Å². The first-order valence-electron chi connectivity index (χ1n) is 24.6. The van der Waals surface area contributed by atoms with Crippen molar-refractivity contribution in [2.75, 3.05) is 34.5 Å². The minimum Gasteiger partial charge on any atom is -0.460 e. The van der Waals surface area contributed by atoms with Crippen LogP contribution < -0.4 is 0 Å². The highest BCUT2D eigenvalue weighted by atomic mass is 31.1. The van der Waals surface area contributed by atoms with Gasteiger partial charge in [-0.3, -0.25) is 19.2 Å². The van der Waals surface area contributed by atoms with Crippen molar-refractivity contribution in [3.63, 3.8) is 0 Å². The predicted molar refractivity (Wildman–Crippen MR) is 256 cm³/mol. The van der Waals surface area contributed by atoms with Crippen molar-refractivity contribution in [3.8, 4) is 0 Å². The van der Waals surface area contributed by atoms with Crippen LogP contribution in [0.25, 0.3) is 0 Å². The molecule has 3 fully saturated rings. The van der Waals surface area contributed by atoms with Crippen molar-refractivity contribution in [1.82, 2.24) is 4.90 Å². The van der Waals surface area contributed by atoms with E-state index >= 15 is 0 Å². The Morgan fingerprint density at radius 3 is 2.25 bits per heavy atom. The number of cyclic esters (lactones) is 1. The molecule has 4 aliphatic rings. The number of ketones is 3. The molecule has 15 heteroatoms. The Hall–Kier alpha value is -3.23. The fourth-order valence-electron chi connectivity index (χ4n) is 10.5. The Bertz CT molecular complexity index is 1860. The van der Waals surface area contributed by atoms with E-state index in [1.165, 1.54) is 12.0 Å². The van der Waals surface area contributed by atoms with Gasteiger partial charge in [0.25, 0.3) is 11.7 Å².